The molecule has 0 atom stereocenters. The van der Waals surface area contributed by atoms with E-state index in [-0.39, 0.29) is 11.9 Å². The number of esters is 2. The predicted octanol–water partition coefficient (Wildman–Crippen LogP) is 1.94. The van der Waals surface area contributed by atoms with Crippen LogP contribution in [0.15, 0.2) is 0 Å². The Bertz CT molecular complexity index is 191. The highest BCUT2D eigenvalue weighted by Crippen LogP contribution is 1.86. The van der Waals surface area contributed by atoms with Crippen molar-refractivity contribution in [1.82, 2.24) is 0 Å². The predicted molar refractivity (Wildman–Crippen MR) is 64.7 cm³/mol. The number of unbranched alkanes of at least 4 members (excludes halogenated alkanes) is 1. The van der Waals surface area contributed by atoms with Gasteiger partial charge in [0.2, 0.25) is 0 Å². The molecule has 17 heavy (non-hydrogen) atoms. The van der Waals surface area contributed by atoms with E-state index >= 15 is 0 Å². The lowest BCUT2D eigenvalue weighted by Gasteiger charge is -1.98. The van der Waals surface area contributed by atoms with E-state index in [0.29, 0.717) is 19.8 Å². The van der Waals surface area contributed by atoms with E-state index in [0.717, 1.165) is 19.3 Å². The van der Waals surface area contributed by atoms with Gasteiger partial charge in [0.1, 0.15) is 0 Å². The van der Waals surface area contributed by atoms with Crippen LogP contribution >= 0.6 is 0 Å². The van der Waals surface area contributed by atoms with Crippen molar-refractivity contribution in [3.63, 3.8) is 0 Å². The second kappa shape index (κ2) is 14.9. The smallest absolute Gasteiger partial charge is 0.302 e. The van der Waals surface area contributed by atoms with Gasteiger partial charge in [-0.25, -0.2) is 0 Å². The highest BCUT2D eigenvalue weighted by molar-refractivity contribution is 5.66. The molecule has 0 rings (SSSR count). The monoisotopic (exact) mass is 248 g/mol. The van der Waals surface area contributed by atoms with Gasteiger partial charge in [-0.15, -0.1) is 0 Å². The zero-order chi connectivity index (χ0) is 13.5. The van der Waals surface area contributed by atoms with Crippen LogP contribution in [0.3, 0.4) is 0 Å². The van der Waals surface area contributed by atoms with Crippen LogP contribution < -0.4 is 0 Å². The van der Waals surface area contributed by atoms with Crippen molar-refractivity contribution in [2.45, 2.75) is 40.0 Å². The van der Waals surface area contributed by atoms with Crippen molar-refractivity contribution in [2.24, 2.45) is 0 Å². The molecule has 0 fully saturated rings. The molecule has 0 amide bonds. The maximum atomic E-state index is 10.1. The molecule has 0 aliphatic rings. The first-order valence-corrected chi connectivity index (χ1v) is 5.80. The maximum Gasteiger partial charge on any atom is 0.302 e. The first-order chi connectivity index (χ1) is 8.04. The Labute approximate surface area is 103 Å². The van der Waals surface area contributed by atoms with Crippen LogP contribution in [0.25, 0.3) is 0 Å². The molecule has 102 valence electrons. The second-order valence-electron chi connectivity index (χ2n) is 3.38. The Morgan fingerprint density at radius 2 is 1.35 bits per heavy atom. The van der Waals surface area contributed by atoms with Crippen LogP contribution in [0.1, 0.15) is 40.0 Å². The zero-order valence-corrected chi connectivity index (χ0v) is 11.3. The number of hydrogen-bond acceptors (Lipinski definition) is 5. The van der Waals surface area contributed by atoms with E-state index in [4.69, 9.17) is 4.74 Å². The van der Waals surface area contributed by atoms with Gasteiger partial charge in [-0.3, -0.25) is 9.59 Å². The average Bonchev–Trinajstić information content (AvgIpc) is 2.25. The third-order valence-corrected chi connectivity index (χ3v) is 1.60. The molecule has 0 saturated heterocycles. The van der Waals surface area contributed by atoms with Crippen molar-refractivity contribution in [3.8, 4) is 0 Å². The largest absolute Gasteiger partial charge is 0.466 e. The lowest BCUT2D eigenvalue weighted by molar-refractivity contribution is -0.142. The third kappa shape index (κ3) is 25.3. The first-order valence-electron chi connectivity index (χ1n) is 5.80. The van der Waals surface area contributed by atoms with Gasteiger partial charge < -0.3 is 14.2 Å². The summed E-state index contributed by atoms with van der Waals surface area (Å²) in [6.45, 7) is 6.56. The summed E-state index contributed by atoms with van der Waals surface area (Å²) in [4.78, 5) is 20.2. The molecule has 0 spiro atoms. The van der Waals surface area contributed by atoms with Gasteiger partial charge in [0.05, 0.1) is 13.2 Å². The Hall–Kier alpha value is -1.10. The molecule has 0 aliphatic carbocycles. The minimum Gasteiger partial charge on any atom is -0.466 e. The second-order valence-corrected chi connectivity index (χ2v) is 3.38. The van der Waals surface area contributed by atoms with Crippen molar-refractivity contribution < 1.29 is 23.8 Å². The summed E-state index contributed by atoms with van der Waals surface area (Å²) in [7, 11) is 1.62. The SMILES string of the molecule is CCCCOC(C)=O.COCCCOC(C)=O. The fourth-order valence-corrected chi connectivity index (χ4v) is 0.779. The van der Waals surface area contributed by atoms with Gasteiger partial charge in [0.15, 0.2) is 0 Å². The lowest BCUT2D eigenvalue weighted by atomic mass is 10.4. The minimum absolute atomic E-state index is 0.182. The minimum atomic E-state index is -0.230. The van der Waals surface area contributed by atoms with Crippen LogP contribution in [-0.4, -0.2) is 38.9 Å². The summed E-state index contributed by atoms with van der Waals surface area (Å²) in [6, 6.07) is 0. The van der Waals surface area contributed by atoms with E-state index in [1.807, 2.05) is 0 Å². The molecule has 0 saturated carbocycles. The number of hydrogen-bond donors (Lipinski definition) is 0. The van der Waals surface area contributed by atoms with Crippen LogP contribution in [0.4, 0.5) is 0 Å². The molecule has 0 aromatic carbocycles. The van der Waals surface area contributed by atoms with Crippen molar-refractivity contribution in [1.29, 1.82) is 0 Å². The Morgan fingerprint density at radius 1 is 0.882 bits per heavy atom. The van der Waals surface area contributed by atoms with Gasteiger partial charge in [0.25, 0.3) is 0 Å². The molecular weight excluding hydrogens is 224 g/mol. The van der Waals surface area contributed by atoms with Crippen molar-refractivity contribution >= 4 is 11.9 Å². The molecule has 0 aromatic rings. The average molecular weight is 248 g/mol. The number of rotatable bonds is 7. The van der Waals surface area contributed by atoms with Gasteiger partial charge >= 0.3 is 11.9 Å². The summed E-state index contributed by atoms with van der Waals surface area (Å²) < 4.78 is 14.0. The molecule has 0 heterocycles. The van der Waals surface area contributed by atoms with Gasteiger partial charge in [-0.05, 0) is 6.42 Å². The number of carbonyl (C=O) groups excluding carboxylic acids is 2. The van der Waals surface area contributed by atoms with Crippen molar-refractivity contribution in [2.75, 3.05) is 26.9 Å². The molecule has 5 heteroatoms. The molecule has 0 unspecified atom stereocenters. The highest BCUT2D eigenvalue weighted by Gasteiger charge is 1.90. The molecule has 5 nitrogen and oxygen atoms in total. The summed E-state index contributed by atoms with van der Waals surface area (Å²) in [6.07, 6.45) is 2.82. The number of methoxy groups -OCH3 is 1. The van der Waals surface area contributed by atoms with Gasteiger partial charge in [0, 0.05) is 34.0 Å². The summed E-state index contributed by atoms with van der Waals surface area (Å²) >= 11 is 0. The van der Waals surface area contributed by atoms with Crippen LogP contribution in [0.2, 0.25) is 0 Å². The Balaban J connectivity index is 0. The fourth-order valence-electron chi connectivity index (χ4n) is 0.779. The topological polar surface area (TPSA) is 61.8 Å². The molecule has 0 bridgehead atoms. The molecule has 0 radical (unpaired) electrons. The van der Waals surface area contributed by atoms with Crippen LogP contribution in [-0.2, 0) is 23.8 Å². The van der Waals surface area contributed by atoms with Crippen LogP contribution in [0.5, 0.6) is 0 Å². The molecule has 0 aliphatic heterocycles. The van der Waals surface area contributed by atoms with Crippen molar-refractivity contribution in [3.05, 3.63) is 0 Å². The van der Waals surface area contributed by atoms with Gasteiger partial charge in [-0.1, -0.05) is 13.3 Å². The van der Waals surface area contributed by atoms with E-state index in [1.54, 1.807) is 7.11 Å². The standard InChI is InChI=1S/C6H12O3.C6H12O2/c1-6(7)9-5-3-4-8-2;1-3-4-5-8-6(2)7/h3-5H2,1-2H3;3-5H2,1-2H3. The number of carbonyl (C=O) groups is 2. The van der Waals surface area contributed by atoms with Crippen LogP contribution in [0, 0.1) is 0 Å². The Kier molecular flexibility index (Phi) is 16.0. The summed E-state index contributed by atoms with van der Waals surface area (Å²) in [5.41, 5.74) is 0. The first kappa shape index (κ1) is 18.3. The molecule has 0 aromatic heterocycles. The molecule has 0 N–H and O–H groups in total. The van der Waals surface area contributed by atoms with E-state index < -0.39 is 0 Å². The molecular formula is C12H24O5. The van der Waals surface area contributed by atoms with E-state index in [9.17, 15) is 9.59 Å². The highest BCUT2D eigenvalue weighted by atomic mass is 16.5. The number of ether oxygens (including phenoxy) is 3. The fraction of sp³-hybridized carbons (Fsp3) is 0.833. The summed E-state index contributed by atoms with van der Waals surface area (Å²) in [5.74, 6) is -0.412. The quantitative estimate of drug-likeness (QED) is 0.509. The normalized spacial score (nSPS) is 8.94. The van der Waals surface area contributed by atoms with E-state index in [2.05, 4.69) is 16.4 Å². The zero-order valence-electron chi connectivity index (χ0n) is 11.3. The third-order valence-electron chi connectivity index (χ3n) is 1.60. The lowest BCUT2D eigenvalue weighted by Crippen LogP contribution is -2.02. The maximum absolute atomic E-state index is 10.1. The van der Waals surface area contributed by atoms with E-state index in [1.165, 1.54) is 13.8 Å². The summed E-state index contributed by atoms with van der Waals surface area (Å²) in [5, 5.41) is 0. The Morgan fingerprint density at radius 3 is 1.71 bits per heavy atom. The van der Waals surface area contributed by atoms with Gasteiger partial charge in [-0.2, -0.15) is 0 Å².